The lowest BCUT2D eigenvalue weighted by Gasteiger charge is -2.66. The van der Waals surface area contributed by atoms with Crippen LogP contribution >= 0.6 is 0 Å². The van der Waals surface area contributed by atoms with E-state index in [0.29, 0.717) is 28.3 Å². The molecule has 2 heterocycles. The largest absolute Gasteiger partial charge is 0.457 e. The minimum absolute atomic E-state index is 0.144. The van der Waals surface area contributed by atoms with Crippen LogP contribution in [0.5, 0.6) is 11.5 Å². The normalized spacial score (nSPS) is 28.9. The minimum atomic E-state index is -0.420. The molecule has 4 heteroatoms. The average Bonchev–Trinajstić information content (AvgIpc) is 4.07. The Morgan fingerprint density at radius 1 is 0.478 bits per heavy atom. The topological polar surface area (TPSA) is 47.9 Å². The number of ether oxygens (including phenoxy) is 1. The molecule has 0 N–H and O–H groups in total. The van der Waals surface area contributed by atoms with Crippen LogP contribution in [0.3, 0.4) is 0 Å². The van der Waals surface area contributed by atoms with Crippen LogP contribution in [0.15, 0.2) is 182 Å². The van der Waals surface area contributed by atoms with E-state index in [1.54, 1.807) is 0 Å². The number of allylic oxidation sites excluding steroid dienone is 4. The number of rotatable bonds is 5. The maximum absolute atomic E-state index is 6.81. The molecule has 0 amide bonds. The highest BCUT2D eigenvalue weighted by molar-refractivity contribution is 5.84. The Hall–Kier alpha value is -7.17. The van der Waals surface area contributed by atoms with Crippen molar-refractivity contribution in [3.8, 4) is 67.9 Å². The summed E-state index contributed by atoms with van der Waals surface area (Å²) in [6, 6.07) is 58.4. The van der Waals surface area contributed by atoms with Gasteiger partial charge in [0, 0.05) is 45.1 Å². The fourth-order valence-corrected chi connectivity index (χ4v) is 16.4. The molecule has 7 unspecified atom stereocenters. The molecule has 2 bridgehead atoms. The summed E-state index contributed by atoms with van der Waals surface area (Å²) in [7, 11) is 0. The molecule has 7 aliphatic carbocycles. The Morgan fingerprint density at radius 3 is 1.88 bits per heavy atom. The maximum atomic E-state index is 6.81. The number of nitrogens with zero attached hydrogens (tertiary/aromatic N) is 3. The monoisotopic (exact) mass is 889 g/mol. The van der Waals surface area contributed by atoms with Gasteiger partial charge in [0.1, 0.15) is 11.5 Å². The van der Waals surface area contributed by atoms with Gasteiger partial charge in [0.15, 0.2) is 17.5 Å². The molecule has 1 aliphatic heterocycles. The van der Waals surface area contributed by atoms with Crippen molar-refractivity contribution in [1.29, 1.82) is 0 Å². The summed E-state index contributed by atoms with van der Waals surface area (Å²) in [5, 5.41) is 0. The van der Waals surface area contributed by atoms with Gasteiger partial charge in [0.2, 0.25) is 0 Å². The van der Waals surface area contributed by atoms with E-state index in [9.17, 15) is 0 Å². The van der Waals surface area contributed by atoms with Crippen LogP contribution < -0.4 is 4.74 Å². The van der Waals surface area contributed by atoms with Gasteiger partial charge in [-0.1, -0.05) is 166 Å². The lowest BCUT2D eigenvalue weighted by molar-refractivity contribution is -0.175. The molecule has 0 radical (unpaired) electrons. The third-order valence-electron chi connectivity index (χ3n) is 19.3. The van der Waals surface area contributed by atoms with Crippen LogP contribution in [0.4, 0.5) is 0 Å². The summed E-state index contributed by atoms with van der Waals surface area (Å²) in [5.41, 5.74) is 17.7. The highest BCUT2D eigenvalue weighted by Crippen LogP contribution is 2.84. The highest BCUT2D eigenvalue weighted by Gasteiger charge is 2.77. The maximum Gasteiger partial charge on any atom is 0.164 e. The third-order valence-corrected chi connectivity index (χ3v) is 19.3. The van der Waals surface area contributed by atoms with Gasteiger partial charge in [-0.2, -0.15) is 0 Å². The molecule has 332 valence electrons. The third kappa shape index (κ3) is 4.92. The van der Waals surface area contributed by atoms with Crippen LogP contribution in [0.1, 0.15) is 90.8 Å². The Balaban J connectivity index is 0.825. The standard InChI is InChI=1S/C65H51N3O/c1-62(2)51-17-6-3-14-47(51)50-28-24-42(32-55(50)62)61-67-59(38-22-26-43(27-23-38)63-35-45-33-44-34-46(36-63)64(44,45)37-63)66-60(68-61)41-13-11-12-39(30-41)40-25-29-58-56(31-40)65(54-20-9-10-21-57(54)69-58)52-18-7-4-15-48(52)49-16-5-8-19-53(49)65/h3-32,44-46,48,52H,33-37H2,1-2H3/t44?,45-,46?,48?,52?,63?,64?,65?/m0/s1. The fraction of sp³-hybridized carbons (Fsp3) is 0.246. The van der Waals surface area contributed by atoms with Crippen molar-refractivity contribution < 1.29 is 4.74 Å². The van der Waals surface area contributed by atoms with Crippen molar-refractivity contribution in [2.45, 2.75) is 68.1 Å². The molecule has 8 aromatic rings. The minimum Gasteiger partial charge on any atom is -0.457 e. The molecular weight excluding hydrogens is 839 g/mol. The average molecular weight is 890 g/mol. The Morgan fingerprint density at radius 2 is 1.09 bits per heavy atom. The zero-order valence-electron chi connectivity index (χ0n) is 39.0. The summed E-state index contributed by atoms with van der Waals surface area (Å²) < 4.78 is 6.81. The number of aromatic nitrogens is 3. The van der Waals surface area contributed by atoms with E-state index in [4.69, 9.17) is 19.7 Å². The van der Waals surface area contributed by atoms with Gasteiger partial charge in [0.05, 0.1) is 5.41 Å². The summed E-state index contributed by atoms with van der Waals surface area (Å²) in [5.74, 6) is 7.30. The van der Waals surface area contributed by atoms with Crippen molar-refractivity contribution in [3.63, 3.8) is 0 Å². The summed E-state index contributed by atoms with van der Waals surface area (Å²) in [4.78, 5) is 16.1. The van der Waals surface area contributed by atoms with Gasteiger partial charge in [-0.3, -0.25) is 0 Å². The van der Waals surface area contributed by atoms with Crippen LogP contribution in [-0.4, -0.2) is 15.0 Å². The number of benzene rings is 7. The van der Waals surface area contributed by atoms with Crippen molar-refractivity contribution in [1.82, 2.24) is 15.0 Å². The quantitative estimate of drug-likeness (QED) is 0.173. The second-order valence-electron chi connectivity index (χ2n) is 22.5. The predicted molar refractivity (Wildman–Crippen MR) is 274 cm³/mol. The Kier molecular flexibility index (Phi) is 7.49. The molecule has 8 atom stereocenters. The molecule has 4 saturated carbocycles. The second-order valence-corrected chi connectivity index (χ2v) is 22.5. The summed E-state index contributed by atoms with van der Waals surface area (Å²) in [6.45, 7) is 4.67. The molecule has 69 heavy (non-hydrogen) atoms. The molecule has 4 fully saturated rings. The Bertz CT molecular complexity index is 3600. The van der Waals surface area contributed by atoms with Crippen LogP contribution in [0.25, 0.3) is 56.4 Å². The first-order valence-electron chi connectivity index (χ1n) is 25.4. The van der Waals surface area contributed by atoms with Gasteiger partial charge >= 0.3 is 0 Å². The molecule has 4 nitrogen and oxygen atoms in total. The van der Waals surface area contributed by atoms with Gasteiger partial charge < -0.3 is 4.74 Å². The highest BCUT2D eigenvalue weighted by atomic mass is 16.5. The van der Waals surface area contributed by atoms with Crippen molar-refractivity contribution >= 4 is 0 Å². The first-order chi connectivity index (χ1) is 33.8. The first-order valence-corrected chi connectivity index (χ1v) is 25.4. The molecule has 0 saturated heterocycles. The Labute approximate surface area is 403 Å². The molecule has 7 aromatic carbocycles. The van der Waals surface area contributed by atoms with Gasteiger partial charge in [-0.25, -0.2) is 15.0 Å². The van der Waals surface area contributed by atoms with E-state index in [1.807, 2.05) is 0 Å². The zero-order valence-corrected chi connectivity index (χ0v) is 39.0. The number of hydrogen-bond donors (Lipinski definition) is 0. The molecule has 16 rings (SSSR count). The van der Waals surface area contributed by atoms with Gasteiger partial charge in [-0.05, 0) is 141 Å². The molecule has 2 spiro atoms. The second kappa shape index (κ2) is 13.3. The van der Waals surface area contributed by atoms with Crippen LogP contribution in [0, 0.1) is 29.1 Å². The predicted octanol–water partition coefficient (Wildman–Crippen LogP) is 15.2. The van der Waals surface area contributed by atoms with Gasteiger partial charge in [0.25, 0.3) is 0 Å². The van der Waals surface area contributed by atoms with Crippen LogP contribution in [-0.2, 0) is 16.2 Å². The van der Waals surface area contributed by atoms with E-state index >= 15 is 0 Å². The lowest BCUT2D eigenvalue weighted by Crippen LogP contribution is -2.59. The van der Waals surface area contributed by atoms with E-state index in [1.165, 1.54) is 82.2 Å². The van der Waals surface area contributed by atoms with Crippen molar-refractivity contribution in [2.24, 2.45) is 29.1 Å². The zero-order chi connectivity index (χ0) is 45.4. The number of hydrogen-bond acceptors (Lipinski definition) is 4. The summed E-state index contributed by atoms with van der Waals surface area (Å²) >= 11 is 0. The SMILES string of the molecule is CC1(C)c2ccccc2-c2ccc(-c3nc(-c4ccc(C56CC7CC8C[C@@H](C5)C87C6)cc4)nc(-c4cccc(-c5ccc6c(c5)C5(c7ccccc7O6)c6ccccc6C6C=CC=CC65)c4)n3)cc21. The summed E-state index contributed by atoms with van der Waals surface area (Å²) in [6.07, 6.45) is 16.4. The van der Waals surface area contributed by atoms with E-state index in [0.717, 1.165) is 57.1 Å². The fourth-order valence-electron chi connectivity index (χ4n) is 16.4. The van der Waals surface area contributed by atoms with E-state index in [2.05, 4.69) is 196 Å². The first kappa shape index (κ1) is 38.8. The van der Waals surface area contributed by atoms with Crippen LogP contribution in [0.2, 0.25) is 0 Å². The molecular formula is C65H51N3O. The smallest absolute Gasteiger partial charge is 0.164 e. The molecule has 8 aliphatic rings. The van der Waals surface area contributed by atoms with Crippen molar-refractivity contribution in [3.05, 3.63) is 221 Å². The van der Waals surface area contributed by atoms with E-state index < -0.39 is 5.41 Å². The van der Waals surface area contributed by atoms with Gasteiger partial charge in [-0.15, -0.1) is 0 Å². The van der Waals surface area contributed by atoms with Crippen molar-refractivity contribution in [2.75, 3.05) is 0 Å². The number of fused-ring (bicyclic) bond motifs is 13. The number of para-hydroxylation sites is 1. The molecule has 1 aromatic heterocycles. The lowest BCUT2D eigenvalue weighted by atomic mass is 9.38. The van der Waals surface area contributed by atoms with E-state index in [-0.39, 0.29) is 17.3 Å².